The van der Waals surface area contributed by atoms with Crippen molar-refractivity contribution in [3.05, 3.63) is 223 Å². The fourth-order valence-electron chi connectivity index (χ4n) is 8.78. The van der Waals surface area contributed by atoms with Crippen LogP contribution in [-0.4, -0.2) is 0 Å². The van der Waals surface area contributed by atoms with Crippen molar-refractivity contribution in [1.29, 1.82) is 5.26 Å². The number of allylic oxidation sites excluding steroid dienone is 12. The highest BCUT2D eigenvalue weighted by Crippen LogP contribution is 2.46. The lowest BCUT2D eigenvalue weighted by molar-refractivity contribution is 0.618. The second-order valence-corrected chi connectivity index (χ2v) is 14.3. The maximum atomic E-state index is 10.2. The minimum Gasteiger partial charge on any atom is -0.192 e. The van der Waals surface area contributed by atoms with Gasteiger partial charge in [-0.05, 0) is 119 Å². The van der Waals surface area contributed by atoms with E-state index < -0.39 is 0 Å². The van der Waals surface area contributed by atoms with E-state index in [0.717, 1.165) is 27.8 Å². The van der Waals surface area contributed by atoms with E-state index >= 15 is 0 Å². The molecule has 0 heterocycles. The van der Waals surface area contributed by atoms with Crippen molar-refractivity contribution in [3.8, 4) is 50.6 Å². The maximum Gasteiger partial charge on any atom is 0.0992 e. The van der Waals surface area contributed by atoms with Gasteiger partial charge in [0.1, 0.15) is 0 Å². The fraction of sp³-hybridized carbons (Fsp3) is 0.0377. The van der Waals surface area contributed by atoms with E-state index in [9.17, 15) is 5.26 Å². The van der Waals surface area contributed by atoms with Crippen LogP contribution in [0.25, 0.3) is 71.6 Å². The van der Waals surface area contributed by atoms with Crippen molar-refractivity contribution in [2.24, 2.45) is 11.8 Å². The standard InChI is InChI=1S/C53H35N/c54-34-35-28-42(32-43(29-35)51-33-40-16-4-5-21-44(40)45-22-6-7-25-48(45)51)39-19-12-17-37(30-39)38-18-13-20-41(31-38)53-50-27-11-9-24-47(50)46-23-8-10-26-49(46)52(53)36-14-2-1-3-15-36/h1-33,44-45H. The van der Waals surface area contributed by atoms with Crippen LogP contribution in [0, 0.1) is 23.2 Å². The largest absolute Gasteiger partial charge is 0.192 e. The lowest BCUT2D eigenvalue weighted by Gasteiger charge is -2.33. The molecule has 0 aromatic heterocycles. The van der Waals surface area contributed by atoms with Crippen molar-refractivity contribution in [1.82, 2.24) is 0 Å². The SMILES string of the molecule is N#Cc1cc(C2=C3C=CC=CC3C3C=CC=CC3=C2)cc(-c2cccc(-c3cccc(-c4c(-c5ccccc5)c5ccccc5c5ccccc45)c3)c2)c1. The summed E-state index contributed by atoms with van der Waals surface area (Å²) in [6.07, 6.45) is 20.0. The minimum atomic E-state index is 0.276. The summed E-state index contributed by atoms with van der Waals surface area (Å²) < 4.78 is 0. The van der Waals surface area contributed by atoms with E-state index in [1.54, 1.807) is 0 Å². The van der Waals surface area contributed by atoms with Gasteiger partial charge in [-0.1, -0.05) is 170 Å². The van der Waals surface area contributed by atoms with Gasteiger partial charge >= 0.3 is 0 Å². The Hall–Kier alpha value is -7.01. The van der Waals surface area contributed by atoms with Crippen LogP contribution in [0.1, 0.15) is 11.1 Å². The van der Waals surface area contributed by atoms with Crippen molar-refractivity contribution in [2.45, 2.75) is 0 Å². The number of hydrogen-bond acceptors (Lipinski definition) is 1. The van der Waals surface area contributed by atoms with Crippen LogP contribution < -0.4 is 0 Å². The smallest absolute Gasteiger partial charge is 0.0992 e. The molecule has 0 amide bonds. The summed E-state index contributed by atoms with van der Waals surface area (Å²) in [5, 5.41) is 15.3. The minimum absolute atomic E-state index is 0.276. The molecule has 3 aliphatic carbocycles. The maximum absolute atomic E-state index is 10.2. The summed E-state index contributed by atoms with van der Waals surface area (Å²) in [4.78, 5) is 0. The molecule has 0 bridgehead atoms. The van der Waals surface area contributed by atoms with Gasteiger partial charge in [-0.3, -0.25) is 0 Å². The first-order valence-corrected chi connectivity index (χ1v) is 18.6. The molecule has 252 valence electrons. The van der Waals surface area contributed by atoms with Crippen molar-refractivity contribution < 1.29 is 0 Å². The van der Waals surface area contributed by atoms with E-state index in [2.05, 4.69) is 194 Å². The molecule has 1 heteroatoms. The van der Waals surface area contributed by atoms with Gasteiger partial charge in [-0.15, -0.1) is 0 Å². The highest BCUT2D eigenvalue weighted by Gasteiger charge is 2.30. The second kappa shape index (κ2) is 13.2. The van der Waals surface area contributed by atoms with E-state index in [1.807, 2.05) is 12.1 Å². The molecule has 1 nitrogen and oxygen atoms in total. The zero-order valence-corrected chi connectivity index (χ0v) is 29.7. The van der Waals surface area contributed by atoms with Crippen LogP contribution in [0.15, 0.2) is 211 Å². The first-order valence-electron chi connectivity index (χ1n) is 18.6. The third-order valence-electron chi connectivity index (χ3n) is 11.2. The predicted octanol–water partition coefficient (Wildman–Crippen LogP) is 13.7. The highest BCUT2D eigenvalue weighted by atomic mass is 14.3. The number of nitrogens with zero attached hydrogens (tertiary/aromatic N) is 1. The van der Waals surface area contributed by atoms with E-state index in [0.29, 0.717) is 11.5 Å². The molecular formula is C53H35N. The zero-order chi connectivity index (χ0) is 36.0. The Morgan fingerprint density at radius 2 is 0.926 bits per heavy atom. The van der Waals surface area contributed by atoms with Crippen LogP contribution in [-0.2, 0) is 0 Å². The monoisotopic (exact) mass is 685 g/mol. The lowest BCUT2D eigenvalue weighted by Crippen LogP contribution is -2.21. The zero-order valence-electron chi connectivity index (χ0n) is 29.7. The van der Waals surface area contributed by atoms with Crippen molar-refractivity contribution in [3.63, 3.8) is 0 Å². The number of hydrogen-bond donors (Lipinski definition) is 0. The molecule has 0 fully saturated rings. The molecule has 2 atom stereocenters. The average Bonchev–Trinajstić information content (AvgIpc) is 3.26. The first-order chi connectivity index (χ1) is 26.7. The van der Waals surface area contributed by atoms with Gasteiger partial charge in [0.15, 0.2) is 0 Å². The normalized spacial score (nSPS) is 17.0. The number of rotatable bonds is 5. The van der Waals surface area contributed by atoms with Gasteiger partial charge < -0.3 is 0 Å². The van der Waals surface area contributed by atoms with Gasteiger partial charge in [-0.2, -0.15) is 5.26 Å². The quantitative estimate of drug-likeness (QED) is 0.165. The molecule has 10 rings (SSSR count). The Bertz CT molecular complexity index is 2880. The summed E-state index contributed by atoms with van der Waals surface area (Å²) in [6, 6.07) is 54.9. The summed E-state index contributed by atoms with van der Waals surface area (Å²) in [7, 11) is 0. The Morgan fingerprint density at radius 3 is 1.63 bits per heavy atom. The van der Waals surface area contributed by atoms with Gasteiger partial charge in [0.2, 0.25) is 0 Å². The lowest BCUT2D eigenvalue weighted by atomic mass is 9.70. The topological polar surface area (TPSA) is 23.8 Å². The number of benzene rings is 7. The first kappa shape index (κ1) is 31.7. The number of nitriles is 1. The molecular weight excluding hydrogens is 651 g/mol. The molecule has 2 unspecified atom stereocenters. The molecule has 0 aliphatic heterocycles. The summed E-state index contributed by atoms with van der Waals surface area (Å²) in [5.74, 6) is 0.607. The third kappa shape index (κ3) is 5.40. The molecule has 0 radical (unpaired) electrons. The van der Waals surface area contributed by atoms with Crippen molar-refractivity contribution in [2.75, 3.05) is 0 Å². The molecule has 7 aromatic carbocycles. The Kier molecular flexibility index (Phi) is 7.75. The van der Waals surface area contributed by atoms with Gasteiger partial charge in [-0.25, -0.2) is 0 Å². The van der Waals surface area contributed by atoms with E-state index in [1.165, 1.54) is 60.5 Å². The highest BCUT2D eigenvalue weighted by molar-refractivity contribution is 6.21. The van der Waals surface area contributed by atoms with Crippen LogP contribution in [0.4, 0.5) is 0 Å². The Balaban J connectivity index is 1.11. The molecule has 0 N–H and O–H groups in total. The molecule has 0 saturated carbocycles. The second-order valence-electron chi connectivity index (χ2n) is 14.3. The molecule has 7 aromatic rings. The van der Waals surface area contributed by atoms with Crippen LogP contribution in [0.5, 0.6) is 0 Å². The average molecular weight is 686 g/mol. The summed E-state index contributed by atoms with van der Waals surface area (Å²) in [6.45, 7) is 0. The van der Waals surface area contributed by atoms with E-state index in [-0.39, 0.29) is 5.92 Å². The van der Waals surface area contributed by atoms with Gasteiger partial charge in [0, 0.05) is 11.8 Å². The third-order valence-corrected chi connectivity index (χ3v) is 11.2. The Labute approximate surface area is 316 Å². The van der Waals surface area contributed by atoms with Gasteiger partial charge in [0.25, 0.3) is 0 Å². The molecule has 3 aliphatic rings. The number of fused-ring (bicyclic) bond motifs is 6. The van der Waals surface area contributed by atoms with E-state index in [4.69, 9.17) is 0 Å². The van der Waals surface area contributed by atoms with Crippen LogP contribution >= 0.6 is 0 Å². The molecule has 0 saturated heterocycles. The molecule has 54 heavy (non-hydrogen) atoms. The predicted molar refractivity (Wildman–Crippen MR) is 226 cm³/mol. The Morgan fingerprint density at radius 1 is 0.407 bits per heavy atom. The van der Waals surface area contributed by atoms with Crippen LogP contribution in [0.2, 0.25) is 0 Å². The fourth-order valence-corrected chi connectivity index (χ4v) is 8.78. The summed E-state index contributed by atoms with van der Waals surface area (Å²) in [5.41, 5.74) is 14.8. The van der Waals surface area contributed by atoms with Gasteiger partial charge in [0.05, 0.1) is 11.6 Å². The summed E-state index contributed by atoms with van der Waals surface area (Å²) >= 11 is 0. The van der Waals surface area contributed by atoms with Crippen molar-refractivity contribution >= 4 is 27.1 Å². The van der Waals surface area contributed by atoms with Crippen LogP contribution in [0.3, 0.4) is 0 Å². The molecule has 0 spiro atoms.